The zero-order chi connectivity index (χ0) is 15.7. The molecule has 0 aliphatic heterocycles. The van der Waals surface area contributed by atoms with Crippen LogP contribution < -0.4 is 10.1 Å². The monoisotopic (exact) mass is 295 g/mol. The van der Waals surface area contributed by atoms with Crippen molar-refractivity contribution in [1.82, 2.24) is 5.32 Å². The van der Waals surface area contributed by atoms with Crippen LogP contribution in [0.15, 0.2) is 24.3 Å². The Labute approximate surface area is 128 Å². The molecule has 0 saturated carbocycles. The molecule has 0 radical (unpaired) electrons. The van der Waals surface area contributed by atoms with E-state index in [4.69, 9.17) is 4.74 Å². The van der Waals surface area contributed by atoms with Gasteiger partial charge in [-0.25, -0.2) is 0 Å². The number of rotatable bonds is 10. The maximum atomic E-state index is 9.95. The highest BCUT2D eigenvalue weighted by Crippen LogP contribution is 2.13. The molecule has 0 saturated heterocycles. The highest BCUT2D eigenvalue weighted by Gasteiger charge is 2.12. The Kier molecular flexibility index (Phi) is 8.35. The first-order chi connectivity index (χ1) is 10.0. The van der Waals surface area contributed by atoms with Gasteiger partial charge in [-0.05, 0) is 36.5 Å². The summed E-state index contributed by atoms with van der Waals surface area (Å²) in [6, 6.07) is 7.94. The van der Waals surface area contributed by atoms with E-state index >= 15 is 0 Å². The van der Waals surface area contributed by atoms with Gasteiger partial charge in [0.05, 0.1) is 6.61 Å². The molecule has 0 heterocycles. The van der Waals surface area contributed by atoms with Crippen molar-refractivity contribution in [2.24, 2.45) is 5.92 Å². The first-order valence-electron chi connectivity index (χ1n) is 7.79. The van der Waals surface area contributed by atoms with E-state index in [9.17, 15) is 10.2 Å². The van der Waals surface area contributed by atoms with Gasteiger partial charge >= 0.3 is 0 Å². The van der Waals surface area contributed by atoms with Gasteiger partial charge in [-0.3, -0.25) is 0 Å². The molecule has 120 valence electrons. The average molecular weight is 295 g/mol. The Morgan fingerprint density at radius 3 is 2.67 bits per heavy atom. The molecule has 0 spiro atoms. The van der Waals surface area contributed by atoms with Gasteiger partial charge in [0.15, 0.2) is 0 Å². The Morgan fingerprint density at radius 2 is 2.05 bits per heavy atom. The third kappa shape index (κ3) is 7.46. The minimum Gasteiger partial charge on any atom is -0.491 e. The molecule has 0 aliphatic rings. The summed E-state index contributed by atoms with van der Waals surface area (Å²) in [5.74, 6) is 1.30. The van der Waals surface area contributed by atoms with E-state index in [1.165, 1.54) is 5.56 Å². The van der Waals surface area contributed by atoms with Crippen molar-refractivity contribution in [2.45, 2.75) is 45.8 Å². The van der Waals surface area contributed by atoms with E-state index < -0.39 is 6.10 Å². The van der Waals surface area contributed by atoms with Crippen LogP contribution in [0, 0.1) is 5.92 Å². The van der Waals surface area contributed by atoms with Crippen molar-refractivity contribution in [2.75, 3.05) is 19.8 Å². The number of hydrogen-bond acceptors (Lipinski definition) is 4. The van der Waals surface area contributed by atoms with E-state index in [2.05, 4.69) is 32.2 Å². The molecule has 0 bridgehead atoms. The molecule has 4 heteroatoms. The lowest BCUT2D eigenvalue weighted by atomic mass is 10.0. The van der Waals surface area contributed by atoms with Crippen LogP contribution in [-0.2, 0) is 6.42 Å². The summed E-state index contributed by atoms with van der Waals surface area (Å²) in [7, 11) is 0. The molecule has 0 aromatic heterocycles. The van der Waals surface area contributed by atoms with Crippen LogP contribution in [0.5, 0.6) is 5.75 Å². The van der Waals surface area contributed by atoms with E-state index in [-0.39, 0.29) is 19.3 Å². The molecule has 0 aliphatic carbocycles. The van der Waals surface area contributed by atoms with E-state index in [0.29, 0.717) is 12.5 Å². The fraction of sp³-hybridized carbons (Fsp3) is 0.647. The third-order valence-electron chi connectivity index (χ3n) is 3.37. The predicted octanol–water partition coefficient (Wildman–Crippen LogP) is 1.99. The molecule has 2 atom stereocenters. The molecule has 1 rings (SSSR count). The van der Waals surface area contributed by atoms with Gasteiger partial charge in [0, 0.05) is 12.6 Å². The van der Waals surface area contributed by atoms with Gasteiger partial charge in [0.25, 0.3) is 0 Å². The molecule has 1 aromatic rings. The zero-order valence-corrected chi connectivity index (χ0v) is 13.4. The molecule has 1 aromatic carbocycles. The van der Waals surface area contributed by atoms with Crippen molar-refractivity contribution < 1.29 is 14.9 Å². The largest absolute Gasteiger partial charge is 0.491 e. The van der Waals surface area contributed by atoms with Crippen LogP contribution in [0.2, 0.25) is 0 Å². The van der Waals surface area contributed by atoms with Crippen molar-refractivity contribution in [3.63, 3.8) is 0 Å². The molecule has 4 nitrogen and oxygen atoms in total. The number of aliphatic hydroxyl groups is 2. The van der Waals surface area contributed by atoms with Gasteiger partial charge < -0.3 is 20.3 Å². The topological polar surface area (TPSA) is 61.7 Å². The molecule has 3 N–H and O–H groups in total. The van der Waals surface area contributed by atoms with Crippen LogP contribution in [0.4, 0.5) is 0 Å². The Bertz CT molecular complexity index is 395. The lowest BCUT2D eigenvalue weighted by Gasteiger charge is -2.20. The molecule has 21 heavy (non-hydrogen) atoms. The normalized spacial score (nSPS) is 14.2. The summed E-state index contributed by atoms with van der Waals surface area (Å²) in [6.07, 6.45) is 1.27. The highest BCUT2D eigenvalue weighted by molar-refractivity contribution is 5.28. The van der Waals surface area contributed by atoms with Crippen molar-refractivity contribution in [3.8, 4) is 5.75 Å². The van der Waals surface area contributed by atoms with E-state index in [0.717, 1.165) is 18.6 Å². The first-order valence-corrected chi connectivity index (χ1v) is 7.79. The van der Waals surface area contributed by atoms with Gasteiger partial charge in [-0.1, -0.05) is 32.9 Å². The molecule has 0 amide bonds. The maximum Gasteiger partial charge on any atom is 0.119 e. The predicted molar refractivity (Wildman–Crippen MR) is 85.7 cm³/mol. The summed E-state index contributed by atoms with van der Waals surface area (Å²) in [4.78, 5) is 0. The summed E-state index contributed by atoms with van der Waals surface area (Å²) in [5, 5.41) is 22.4. The summed E-state index contributed by atoms with van der Waals surface area (Å²) < 4.78 is 5.60. The van der Waals surface area contributed by atoms with Crippen LogP contribution >= 0.6 is 0 Å². The number of hydrogen-bond donors (Lipinski definition) is 3. The summed E-state index contributed by atoms with van der Waals surface area (Å²) >= 11 is 0. The van der Waals surface area contributed by atoms with Crippen LogP contribution in [0.3, 0.4) is 0 Å². The maximum absolute atomic E-state index is 9.95. The smallest absolute Gasteiger partial charge is 0.119 e. The fourth-order valence-corrected chi connectivity index (χ4v) is 2.20. The second-order valence-corrected chi connectivity index (χ2v) is 5.88. The van der Waals surface area contributed by atoms with E-state index in [1.54, 1.807) is 0 Å². The van der Waals surface area contributed by atoms with Crippen LogP contribution in [0.25, 0.3) is 0 Å². The lowest BCUT2D eigenvalue weighted by molar-refractivity contribution is 0.0981. The summed E-state index contributed by atoms with van der Waals surface area (Å²) in [6.45, 7) is 7.09. The SMILES string of the molecule is CCc1cccc(OCC(O)CNC(CO)CC(C)C)c1. The highest BCUT2D eigenvalue weighted by atomic mass is 16.5. The first kappa shape index (κ1) is 18.0. The number of benzene rings is 1. The lowest BCUT2D eigenvalue weighted by Crippen LogP contribution is -2.40. The molecular weight excluding hydrogens is 266 g/mol. The standard InChI is InChI=1S/C17H29NO3/c1-4-14-6-5-7-17(9-14)21-12-16(20)10-18-15(11-19)8-13(2)3/h5-7,9,13,15-16,18-20H,4,8,10-12H2,1-3H3. The number of aliphatic hydroxyl groups excluding tert-OH is 2. The second kappa shape index (κ2) is 9.77. The number of nitrogens with one attached hydrogen (secondary N) is 1. The quantitative estimate of drug-likeness (QED) is 0.618. The van der Waals surface area contributed by atoms with Crippen molar-refractivity contribution >= 4 is 0 Å². The van der Waals surface area contributed by atoms with Crippen LogP contribution in [-0.4, -0.2) is 42.1 Å². The van der Waals surface area contributed by atoms with Gasteiger partial charge in [-0.2, -0.15) is 0 Å². The van der Waals surface area contributed by atoms with Gasteiger partial charge in [0.2, 0.25) is 0 Å². The molecule has 2 unspecified atom stereocenters. The Balaban J connectivity index is 2.31. The second-order valence-electron chi connectivity index (χ2n) is 5.88. The average Bonchev–Trinajstić information content (AvgIpc) is 2.49. The van der Waals surface area contributed by atoms with Crippen molar-refractivity contribution in [3.05, 3.63) is 29.8 Å². The Morgan fingerprint density at radius 1 is 1.29 bits per heavy atom. The fourth-order valence-electron chi connectivity index (χ4n) is 2.20. The summed E-state index contributed by atoms with van der Waals surface area (Å²) in [5.41, 5.74) is 1.22. The van der Waals surface area contributed by atoms with E-state index in [1.807, 2.05) is 18.2 Å². The van der Waals surface area contributed by atoms with Crippen molar-refractivity contribution in [1.29, 1.82) is 0 Å². The molecule has 0 fully saturated rings. The minimum absolute atomic E-state index is 0.0306. The van der Waals surface area contributed by atoms with Crippen LogP contribution in [0.1, 0.15) is 32.8 Å². The van der Waals surface area contributed by atoms with Gasteiger partial charge in [-0.15, -0.1) is 0 Å². The Hall–Kier alpha value is -1.10. The minimum atomic E-state index is -0.587. The zero-order valence-electron chi connectivity index (χ0n) is 13.4. The molecular formula is C17H29NO3. The van der Waals surface area contributed by atoms with Gasteiger partial charge in [0.1, 0.15) is 18.5 Å². The number of ether oxygens (including phenoxy) is 1. The third-order valence-corrected chi connectivity index (χ3v) is 3.37. The number of aryl methyl sites for hydroxylation is 1.